The number of halogens is 1. The Kier molecular flexibility index (Phi) is 5.57. The summed E-state index contributed by atoms with van der Waals surface area (Å²) in [5, 5.41) is 14.3. The van der Waals surface area contributed by atoms with Gasteiger partial charge in [0.25, 0.3) is 0 Å². The van der Waals surface area contributed by atoms with E-state index in [4.69, 9.17) is 9.26 Å². The first-order valence-electron chi connectivity index (χ1n) is 9.05. The number of rotatable bonds is 8. The van der Waals surface area contributed by atoms with E-state index in [1.165, 1.54) is 13.2 Å². The Morgan fingerprint density at radius 1 is 1.24 bits per heavy atom. The van der Waals surface area contributed by atoms with Gasteiger partial charge in [-0.1, -0.05) is 11.2 Å². The Balaban J connectivity index is 1.34. The van der Waals surface area contributed by atoms with E-state index in [-0.39, 0.29) is 5.75 Å². The Morgan fingerprint density at radius 2 is 2.17 bits per heavy atom. The second-order valence-corrected chi connectivity index (χ2v) is 6.27. The second-order valence-electron chi connectivity index (χ2n) is 6.27. The molecule has 0 saturated heterocycles. The molecule has 2 N–H and O–H groups in total. The molecule has 0 amide bonds. The van der Waals surface area contributed by atoms with Crippen molar-refractivity contribution >= 4 is 0 Å². The summed E-state index contributed by atoms with van der Waals surface area (Å²) in [5.41, 5.74) is 3.06. The Morgan fingerprint density at radius 3 is 2.97 bits per heavy atom. The summed E-state index contributed by atoms with van der Waals surface area (Å²) in [6, 6.07) is 10.3. The van der Waals surface area contributed by atoms with E-state index < -0.39 is 5.82 Å². The molecule has 1 aromatic carbocycles. The molecular formula is C20H19FN6O2. The molecule has 8 nitrogen and oxygen atoms in total. The largest absolute Gasteiger partial charge is 0.494 e. The molecule has 0 radical (unpaired) electrons. The summed E-state index contributed by atoms with van der Waals surface area (Å²) in [7, 11) is 1.44. The van der Waals surface area contributed by atoms with Gasteiger partial charge in [-0.15, -0.1) is 0 Å². The quantitative estimate of drug-likeness (QED) is 0.443. The SMILES string of the molecule is COc1ccc(-c2[nH]ncc2CNCCc2nc(-c3ccccn3)no2)cc1F. The van der Waals surface area contributed by atoms with Crippen LogP contribution in [0.15, 0.2) is 53.3 Å². The predicted octanol–water partition coefficient (Wildman–Crippen LogP) is 3.00. The highest BCUT2D eigenvalue weighted by Gasteiger charge is 2.12. The smallest absolute Gasteiger partial charge is 0.228 e. The highest BCUT2D eigenvalue weighted by atomic mass is 19.1. The molecule has 29 heavy (non-hydrogen) atoms. The molecule has 9 heteroatoms. The fourth-order valence-corrected chi connectivity index (χ4v) is 2.89. The van der Waals surface area contributed by atoms with E-state index in [9.17, 15) is 4.39 Å². The number of nitrogens with one attached hydrogen (secondary N) is 2. The van der Waals surface area contributed by atoms with Crippen molar-refractivity contribution in [3.05, 3.63) is 66.1 Å². The number of aromatic nitrogens is 5. The zero-order valence-corrected chi connectivity index (χ0v) is 15.7. The molecule has 3 aromatic heterocycles. The zero-order chi connectivity index (χ0) is 20.1. The minimum atomic E-state index is -0.418. The van der Waals surface area contributed by atoms with Crippen LogP contribution in [0.5, 0.6) is 5.75 Å². The molecule has 0 atom stereocenters. The highest BCUT2D eigenvalue weighted by Crippen LogP contribution is 2.26. The number of nitrogens with zero attached hydrogens (tertiary/aromatic N) is 4. The van der Waals surface area contributed by atoms with Gasteiger partial charge < -0.3 is 14.6 Å². The number of methoxy groups -OCH3 is 1. The molecule has 4 aromatic rings. The van der Waals surface area contributed by atoms with Gasteiger partial charge in [0.05, 0.1) is 19.0 Å². The number of hydrogen-bond acceptors (Lipinski definition) is 7. The topological polar surface area (TPSA) is 102 Å². The minimum absolute atomic E-state index is 0.206. The summed E-state index contributed by atoms with van der Waals surface area (Å²) >= 11 is 0. The average molecular weight is 394 g/mol. The third kappa shape index (κ3) is 4.30. The molecule has 3 heterocycles. The van der Waals surface area contributed by atoms with E-state index in [1.54, 1.807) is 24.5 Å². The summed E-state index contributed by atoms with van der Waals surface area (Å²) < 4.78 is 24.2. The number of aromatic amines is 1. The maximum atomic E-state index is 14.0. The molecular weight excluding hydrogens is 375 g/mol. The predicted molar refractivity (Wildman–Crippen MR) is 103 cm³/mol. The summed E-state index contributed by atoms with van der Waals surface area (Å²) in [5.74, 6) is 0.790. The lowest BCUT2D eigenvalue weighted by atomic mass is 10.1. The van der Waals surface area contributed by atoms with Crippen LogP contribution in [-0.4, -0.2) is 39.0 Å². The van der Waals surface area contributed by atoms with Crippen LogP contribution in [0.25, 0.3) is 22.8 Å². The monoisotopic (exact) mass is 394 g/mol. The van der Waals surface area contributed by atoms with Gasteiger partial charge in [0.1, 0.15) is 5.69 Å². The molecule has 0 bridgehead atoms. The van der Waals surface area contributed by atoms with Crippen LogP contribution in [0.3, 0.4) is 0 Å². The van der Waals surface area contributed by atoms with Gasteiger partial charge in [-0.25, -0.2) is 4.39 Å². The van der Waals surface area contributed by atoms with Crippen molar-refractivity contribution in [2.24, 2.45) is 0 Å². The lowest BCUT2D eigenvalue weighted by Crippen LogP contribution is -2.17. The first kappa shape index (κ1) is 18.8. The molecule has 0 aliphatic carbocycles. The van der Waals surface area contributed by atoms with Gasteiger partial charge in [-0.3, -0.25) is 10.1 Å². The molecule has 0 spiro atoms. The van der Waals surface area contributed by atoms with E-state index >= 15 is 0 Å². The van der Waals surface area contributed by atoms with Gasteiger partial charge in [-0.05, 0) is 30.3 Å². The molecule has 0 saturated carbocycles. The molecule has 0 fully saturated rings. The first-order chi connectivity index (χ1) is 14.2. The van der Waals surface area contributed by atoms with Crippen molar-refractivity contribution in [1.82, 2.24) is 30.6 Å². The van der Waals surface area contributed by atoms with Crippen LogP contribution in [-0.2, 0) is 13.0 Å². The van der Waals surface area contributed by atoms with E-state index in [2.05, 4.69) is 30.6 Å². The van der Waals surface area contributed by atoms with Crippen LogP contribution < -0.4 is 10.1 Å². The van der Waals surface area contributed by atoms with Gasteiger partial charge >= 0.3 is 0 Å². The lowest BCUT2D eigenvalue weighted by Gasteiger charge is -2.07. The molecule has 0 aliphatic heterocycles. The van der Waals surface area contributed by atoms with Crippen LogP contribution in [0.2, 0.25) is 0 Å². The Hall–Kier alpha value is -3.59. The van der Waals surface area contributed by atoms with Gasteiger partial charge in [0.15, 0.2) is 11.6 Å². The normalized spacial score (nSPS) is 11.0. The number of pyridine rings is 1. The highest BCUT2D eigenvalue weighted by molar-refractivity contribution is 5.63. The third-order valence-electron chi connectivity index (χ3n) is 4.35. The van der Waals surface area contributed by atoms with Crippen molar-refractivity contribution in [2.45, 2.75) is 13.0 Å². The summed E-state index contributed by atoms with van der Waals surface area (Å²) in [6.07, 6.45) is 3.98. The maximum Gasteiger partial charge on any atom is 0.228 e. The maximum absolute atomic E-state index is 14.0. The van der Waals surface area contributed by atoms with Crippen LogP contribution >= 0.6 is 0 Å². The van der Waals surface area contributed by atoms with E-state index in [1.807, 2.05) is 18.2 Å². The van der Waals surface area contributed by atoms with Crippen LogP contribution in [0.1, 0.15) is 11.5 Å². The lowest BCUT2D eigenvalue weighted by molar-refractivity contribution is 0.376. The van der Waals surface area contributed by atoms with Gasteiger partial charge in [-0.2, -0.15) is 10.1 Å². The van der Waals surface area contributed by atoms with Crippen molar-refractivity contribution < 1.29 is 13.7 Å². The van der Waals surface area contributed by atoms with Gasteiger partial charge in [0, 0.05) is 36.8 Å². The van der Waals surface area contributed by atoms with Gasteiger partial charge in [0.2, 0.25) is 11.7 Å². The number of benzene rings is 1. The number of hydrogen-bond donors (Lipinski definition) is 2. The van der Waals surface area contributed by atoms with E-state index in [0.29, 0.717) is 42.5 Å². The second kappa shape index (κ2) is 8.61. The Labute approximate surface area is 166 Å². The van der Waals surface area contributed by atoms with Crippen LogP contribution in [0, 0.1) is 5.82 Å². The first-order valence-corrected chi connectivity index (χ1v) is 9.05. The average Bonchev–Trinajstić information content (AvgIpc) is 3.41. The van der Waals surface area contributed by atoms with E-state index in [0.717, 1.165) is 11.3 Å². The van der Waals surface area contributed by atoms with Crippen molar-refractivity contribution in [3.8, 4) is 28.5 Å². The molecule has 148 valence electrons. The van der Waals surface area contributed by atoms with Crippen molar-refractivity contribution in [3.63, 3.8) is 0 Å². The fraction of sp³-hybridized carbons (Fsp3) is 0.200. The minimum Gasteiger partial charge on any atom is -0.494 e. The third-order valence-corrected chi connectivity index (χ3v) is 4.35. The van der Waals surface area contributed by atoms with Crippen LogP contribution in [0.4, 0.5) is 4.39 Å². The number of ether oxygens (including phenoxy) is 1. The van der Waals surface area contributed by atoms with Crippen molar-refractivity contribution in [2.75, 3.05) is 13.7 Å². The Bertz CT molecular complexity index is 1080. The summed E-state index contributed by atoms with van der Waals surface area (Å²) in [4.78, 5) is 8.56. The standard InChI is InChI=1S/C20H19FN6O2/c1-28-17-6-5-13(10-15(17)21)19-14(12-24-26-19)11-22-9-7-18-25-20(27-29-18)16-4-2-3-8-23-16/h2-6,8,10,12,22H,7,9,11H2,1H3,(H,24,26). The zero-order valence-electron chi connectivity index (χ0n) is 15.7. The summed E-state index contributed by atoms with van der Waals surface area (Å²) in [6.45, 7) is 1.19. The molecule has 0 unspecified atom stereocenters. The molecule has 0 aliphatic rings. The van der Waals surface area contributed by atoms with Crippen molar-refractivity contribution in [1.29, 1.82) is 0 Å². The fourth-order valence-electron chi connectivity index (χ4n) is 2.89. The number of H-pyrrole nitrogens is 1. The molecule has 4 rings (SSSR count).